The van der Waals surface area contributed by atoms with E-state index in [4.69, 9.17) is 0 Å². The lowest BCUT2D eigenvalue weighted by atomic mass is 9.79. The van der Waals surface area contributed by atoms with Gasteiger partial charge in [-0.15, -0.1) is 0 Å². The fraction of sp³-hybridized carbons (Fsp3) is 0.667. The van der Waals surface area contributed by atoms with E-state index in [1.807, 2.05) is 0 Å². The third-order valence-electron chi connectivity index (χ3n) is 3.22. The van der Waals surface area contributed by atoms with E-state index < -0.39 is 0 Å². The third kappa shape index (κ3) is 1.52. The van der Waals surface area contributed by atoms with Gasteiger partial charge in [0.15, 0.2) is 0 Å². The van der Waals surface area contributed by atoms with Crippen molar-refractivity contribution in [3.63, 3.8) is 0 Å². The molecule has 0 fully saturated rings. The number of aromatic nitrogens is 1. The summed E-state index contributed by atoms with van der Waals surface area (Å²) in [6, 6.07) is 2.33. The largest absolute Gasteiger partial charge is 0.351 e. The van der Waals surface area contributed by atoms with Crippen LogP contribution in [0.2, 0.25) is 0 Å². The van der Waals surface area contributed by atoms with Gasteiger partial charge in [-0.1, -0.05) is 20.8 Å². The van der Waals surface area contributed by atoms with Crippen molar-refractivity contribution in [2.75, 3.05) is 0 Å². The van der Waals surface area contributed by atoms with Crippen molar-refractivity contribution in [3.8, 4) is 0 Å². The van der Waals surface area contributed by atoms with Crippen LogP contribution in [0.3, 0.4) is 0 Å². The minimum atomic E-state index is 0.451. The molecule has 1 aromatic heterocycles. The minimum absolute atomic E-state index is 0.451. The molecule has 2 rings (SSSR count). The molecule has 1 heteroatoms. The molecule has 0 aliphatic carbocycles. The molecule has 1 aliphatic heterocycles. The first-order valence-corrected chi connectivity index (χ1v) is 5.12. The number of aryl methyl sites for hydroxylation is 1. The topological polar surface area (TPSA) is 4.93 Å². The first-order chi connectivity index (χ1) is 5.97. The van der Waals surface area contributed by atoms with E-state index in [9.17, 15) is 0 Å². The van der Waals surface area contributed by atoms with Crippen LogP contribution in [0.15, 0.2) is 12.3 Å². The molecule has 1 nitrogen and oxygen atoms in total. The first-order valence-electron chi connectivity index (χ1n) is 5.12. The summed E-state index contributed by atoms with van der Waals surface area (Å²) < 4.78 is 2.42. The summed E-state index contributed by atoms with van der Waals surface area (Å²) in [4.78, 5) is 0. The van der Waals surface area contributed by atoms with Gasteiger partial charge < -0.3 is 4.57 Å². The third-order valence-corrected chi connectivity index (χ3v) is 3.22. The number of nitrogens with zero attached hydrogens (tertiary/aromatic N) is 1. The van der Waals surface area contributed by atoms with Gasteiger partial charge >= 0.3 is 0 Å². The molecule has 0 N–H and O–H groups in total. The fourth-order valence-electron chi connectivity index (χ4n) is 2.19. The molecule has 2 heterocycles. The highest BCUT2D eigenvalue weighted by atomic mass is 15.0. The van der Waals surface area contributed by atoms with Crippen molar-refractivity contribution in [2.24, 2.45) is 11.3 Å². The summed E-state index contributed by atoms with van der Waals surface area (Å²) in [7, 11) is 0. The molecule has 72 valence electrons. The molecule has 0 saturated carbocycles. The van der Waals surface area contributed by atoms with Crippen molar-refractivity contribution in [1.82, 2.24) is 4.57 Å². The molecular formula is C12H19N. The number of rotatable bonds is 0. The van der Waals surface area contributed by atoms with Crippen LogP contribution in [0, 0.1) is 18.3 Å². The second-order valence-electron chi connectivity index (χ2n) is 5.43. The fourth-order valence-corrected chi connectivity index (χ4v) is 2.19. The van der Waals surface area contributed by atoms with Gasteiger partial charge in [-0.05, 0) is 36.3 Å². The van der Waals surface area contributed by atoms with Crippen LogP contribution in [0.5, 0.6) is 0 Å². The van der Waals surface area contributed by atoms with Crippen LogP contribution in [0.25, 0.3) is 0 Å². The minimum Gasteiger partial charge on any atom is -0.351 e. The zero-order chi connectivity index (χ0) is 9.64. The molecule has 0 amide bonds. The van der Waals surface area contributed by atoms with E-state index in [2.05, 4.69) is 44.5 Å². The molecule has 0 bridgehead atoms. The quantitative estimate of drug-likeness (QED) is 0.574. The molecule has 0 saturated heterocycles. The smallest absolute Gasteiger partial charge is 0.0259 e. The number of fused-ring (bicyclic) bond motifs is 1. The second-order valence-corrected chi connectivity index (χ2v) is 5.43. The Labute approximate surface area is 80.8 Å². The normalized spacial score (nSPS) is 22.0. The molecule has 1 aliphatic rings. The van der Waals surface area contributed by atoms with E-state index in [0.717, 1.165) is 5.92 Å². The molecule has 0 aromatic carbocycles. The molecule has 1 atom stereocenters. The summed E-state index contributed by atoms with van der Waals surface area (Å²) in [6.07, 6.45) is 3.54. The van der Waals surface area contributed by atoms with Crippen LogP contribution in [0.1, 0.15) is 32.0 Å². The first kappa shape index (κ1) is 8.86. The molecule has 1 aromatic rings. The monoisotopic (exact) mass is 177 g/mol. The highest BCUT2D eigenvalue weighted by Gasteiger charge is 2.30. The summed E-state index contributed by atoms with van der Waals surface area (Å²) >= 11 is 0. The van der Waals surface area contributed by atoms with E-state index in [1.165, 1.54) is 24.2 Å². The predicted octanol–water partition coefficient (Wildman–Crippen LogP) is 3.01. The Morgan fingerprint density at radius 1 is 1.38 bits per heavy atom. The lowest BCUT2D eigenvalue weighted by Crippen LogP contribution is -2.21. The summed E-state index contributed by atoms with van der Waals surface area (Å²) in [5.41, 5.74) is 3.38. The van der Waals surface area contributed by atoms with Gasteiger partial charge in [0.05, 0.1) is 0 Å². The molecule has 1 unspecified atom stereocenters. The van der Waals surface area contributed by atoms with Gasteiger partial charge in [0.1, 0.15) is 0 Å². The predicted molar refractivity (Wildman–Crippen MR) is 55.8 cm³/mol. The lowest BCUT2D eigenvalue weighted by Gasteiger charge is -2.26. The zero-order valence-corrected chi connectivity index (χ0v) is 9.09. The van der Waals surface area contributed by atoms with Gasteiger partial charge in [0, 0.05) is 18.4 Å². The van der Waals surface area contributed by atoms with Crippen LogP contribution in [-0.4, -0.2) is 4.57 Å². The maximum absolute atomic E-state index is 2.42. The van der Waals surface area contributed by atoms with Crippen molar-refractivity contribution in [1.29, 1.82) is 0 Å². The SMILES string of the molecule is Cc1cc2n(c1)CC(C(C)(C)C)C2. The van der Waals surface area contributed by atoms with Gasteiger partial charge in [0.25, 0.3) is 0 Å². The van der Waals surface area contributed by atoms with Crippen molar-refractivity contribution in [2.45, 2.75) is 40.7 Å². The van der Waals surface area contributed by atoms with Gasteiger partial charge in [-0.3, -0.25) is 0 Å². The Bertz CT molecular complexity index is 291. The molecular weight excluding hydrogens is 158 g/mol. The Morgan fingerprint density at radius 3 is 2.62 bits per heavy atom. The molecule has 0 radical (unpaired) electrons. The summed E-state index contributed by atoms with van der Waals surface area (Å²) in [5, 5.41) is 0. The average Bonchev–Trinajstić information content (AvgIpc) is 2.40. The van der Waals surface area contributed by atoms with Gasteiger partial charge in [0.2, 0.25) is 0 Å². The van der Waals surface area contributed by atoms with Crippen LogP contribution in [0.4, 0.5) is 0 Å². The summed E-state index contributed by atoms with van der Waals surface area (Å²) in [5.74, 6) is 0.822. The Morgan fingerprint density at radius 2 is 2.08 bits per heavy atom. The Kier molecular flexibility index (Phi) is 1.79. The van der Waals surface area contributed by atoms with Gasteiger partial charge in [-0.2, -0.15) is 0 Å². The van der Waals surface area contributed by atoms with E-state index in [1.54, 1.807) is 0 Å². The highest BCUT2D eigenvalue weighted by molar-refractivity contribution is 5.21. The van der Waals surface area contributed by atoms with E-state index in [-0.39, 0.29) is 0 Å². The zero-order valence-electron chi connectivity index (χ0n) is 9.09. The Hall–Kier alpha value is -0.720. The van der Waals surface area contributed by atoms with E-state index in [0.29, 0.717) is 5.41 Å². The maximum atomic E-state index is 2.42. The Balaban J connectivity index is 2.20. The maximum Gasteiger partial charge on any atom is 0.0259 e. The average molecular weight is 177 g/mol. The van der Waals surface area contributed by atoms with Crippen LogP contribution >= 0.6 is 0 Å². The molecule has 0 spiro atoms. The standard InChI is InChI=1S/C12H19N/c1-9-5-11-6-10(12(2,3)4)8-13(11)7-9/h5,7,10H,6,8H2,1-4H3. The second kappa shape index (κ2) is 2.63. The molecule has 13 heavy (non-hydrogen) atoms. The summed E-state index contributed by atoms with van der Waals surface area (Å²) in [6.45, 7) is 10.4. The number of hydrogen-bond acceptors (Lipinski definition) is 0. The lowest BCUT2D eigenvalue weighted by molar-refractivity contribution is 0.237. The van der Waals surface area contributed by atoms with E-state index >= 15 is 0 Å². The van der Waals surface area contributed by atoms with Crippen LogP contribution in [-0.2, 0) is 13.0 Å². The van der Waals surface area contributed by atoms with Gasteiger partial charge in [-0.25, -0.2) is 0 Å². The van der Waals surface area contributed by atoms with Crippen molar-refractivity contribution >= 4 is 0 Å². The van der Waals surface area contributed by atoms with Crippen molar-refractivity contribution < 1.29 is 0 Å². The highest BCUT2D eigenvalue weighted by Crippen LogP contribution is 2.35. The number of hydrogen-bond donors (Lipinski definition) is 0. The van der Waals surface area contributed by atoms with Crippen molar-refractivity contribution in [3.05, 3.63) is 23.5 Å². The van der Waals surface area contributed by atoms with Crippen LogP contribution < -0.4 is 0 Å².